The van der Waals surface area contributed by atoms with Crippen molar-refractivity contribution >= 4 is 10.8 Å². The molecule has 0 spiro atoms. The van der Waals surface area contributed by atoms with Gasteiger partial charge in [0, 0.05) is 21.3 Å². The Kier molecular flexibility index (Phi) is 2.98. The highest BCUT2D eigenvalue weighted by atomic mass is 32.2. The molecule has 2 aliphatic rings. The zero-order valence-corrected chi connectivity index (χ0v) is 9.68. The second-order valence-electron chi connectivity index (χ2n) is 4.89. The van der Waals surface area contributed by atoms with Gasteiger partial charge in [-0.05, 0) is 32.1 Å². The van der Waals surface area contributed by atoms with Crippen molar-refractivity contribution in [1.82, 2.24) is 0 Å². The molecule has 0 aliphatic carbocycles. The summed E-state index contributed by atoms with van der Waals surface area (Å²) in [6.07, 6.45) is 6.88. The van der Waals surface area contributed by atoms with Crippen LogP contribution < -0.4 is 0 Å². The molecular weight excluding hydrogens is 196 g/mol. The van der Waals surface area contributed by atoms with E-state index in [-0.39, 0.29) is 0 Å². The molecule has 2 fully saturated rings. The first-order valence-electron chi connectivity index (χ1n) is 5.76. The molecule has 2 atom stereocenters. The minimum Gasteiger partial charge on any atom is -0.390 e. The van der Waals surface area contributed by atoms with Gasteiger partial charge < -0.3 is 5.11 Å². The third-order valence-electron chi connectivity index (χ3n) is 3.68. The molecule has 3 heteroatoms. The quantitative estimate of drug-likeness (QED) is 0.783. The van der Waals surface area contributed by atoms with Gasteiger partial charge in [0.25, 0.3) is 0 Å². The third-order valence-corrected chi connectivity index (χ3v) is 5.80. The number of unbranched alkanes of at least 4 members (excludes halogenated alkanes) is 1. The van der Waals surface area contributed by atoms with Crippen LogP contribution in [0.2, 0.25) is 0 Å². The van der Waals surface area contributed by atoms with Crippen molar-refractivity contribution in [3.8, 4) is 0 Å². The molecule has 14 heavy (non-hydrogen) atoms. The molecule has 1 N–H and O–H groups in total. The lowest BCUT2D eigenvalue weighted by molar-refractivity contribution is 0.0123. The van der Waals surface area contributed by atoms with Crippen LogP contribution in [0.1, 0.15) is 51.9 Å². The summed E-state index contributed by atoms with van der Waals surface area (Å²) >= 11 is 0. The third kappa shape index (κ3) is 1.89. The van der Waals surface area contributed by atoms with Crippen LogP contribution in [-0.4, -0.2) is 25.4 Å². The fourth-order valence-electron chi connectivity index (χ4n) is 2.89. The molecule has 2 unspecified atom stereocenters. The number of aliphatic hydroxyl groups is 1. The maximum absolute atomic E-state index is 11.7. The summed E-state index contributed by atoms with van der Waals surface area (Å²) in [7, 11) is -0.631. The highest BCUT2D eigenvalue weighted by Gasteiger charge is 2.46. The van der Waals surface area contributed by atoms with E-state index in [2.05, 4.69) is 6.92 Å². The van der Waals surface area contributed by atoms with Crippen LogP contribution in [0.5, 0.6) is 0 Å². The molecule has 2 saturated heterocycles. The van der Waals surface area contributed by atoms with Crippen LogP contribution in [0.4, 0.5) is 0 Å². The van der Waals surface area contributed by atoms with Gasteiger partial charge in [-0.25, -0.2) is 0 Å². The van der Waals surface area contributed by atoms with Gasteiger partial charge in [0.05, 0.1) is 5.60 Å². The van der Waals surface area contributed by atoms with Gasteiger partial charge in [-0.2, -0.15) is 0 Å². The van der Waals surface area contributed by atoms with Crippen molar-refractivity contribution in [1.29, 1.82) is 0 Å². The maximum Gasteiger partial charge on any atom is 0.0670 e. The topological polar surface area (TPSA) is 37.3 Å². The van der Waals surface area contributed by atoms with Crippen LogP contribution in [0, 0.1) is 0 Å². The largest absolute Gasteiger partial charge is 0.390 e. The standard InChI is InChI=1S/C11H20O2S/c1-2-3-6-11(12)7-9-4-5-10(8-11)14(9)13/h9-10,12H,2-8H2,1H3. The number of fused-ring (bicyclic) bond motifs is 2. The summed E-state index contributed by atoms with van der Waals surface area (Å²) in [5.41, 5.74) is -0.476. The Balaban J connectivity index is 2.00. The number of hydrogen-bond acceptors (Lipinski definition) is 2. The highest BCUT2D eigenvalue weighted by molar-refractivity contribution is 7.86. The fraction of sp³-hybridized carbons (Fsp3) is 1.00. The second kappa shape index (κ2) is 3.93. The molecule has 2 nitrogen and oxygen atoms in total. The van der Waals surface area contributed by atoms with Gasteiger partial charge in [-0.1, -0.05) is 19.8 Å². The zero-order chi connectivity index (χ0) is 10.2. The van der Waals surface area contributed by atoms with Crippen molar-refractivity contribution in [2.45, 2.75) is 68.0 Å². The molecule has 2 rings (SSSR count). The molecule has 0 aromatic heterocycles. The Morgan fingerprint density at radius 3 is 2.43 bits per heavy atom. The van der Waals surface area contributed by atoms with Crippen LogP contribution in [0.25, 0.3) is 0 Å². The van der Waals surface area contributed by atoms with Crippen LogP contribution in [-0.2, 0) is 10.8 Å². The van der Waals surface area contributed by atoms with Crippen molar-refractivity contribution in [2.24, 2.45) is 0 Å². The van der Waals surface area contributed by atoms with Crippen molar-refractivity contribution in [3.63, 3.8) is 0 Å². The summed E-state index contributed by atoms with van der Waals surface area (Å²) in [5.74, 6) is 0. The Bertz CT molecular complexity index is 223. The van der Waals surface area contributed by atoms with Crippen molar-refractivity contribution in [3.05, 3.63) is 0 Å². The lowest BCUT2D eigenvalue weighted by Gasteiger charge is -2.35. The van der Waals surface area contributed by atoms with E-state index >= 15 is 0 Å². The van der Waals surface area contributed by atoms with Gasteiger partial charge in [0.1, 0.15) is 0 Å². The van der Waals surface area contributed by atoms with Gasteiger partial charge in [0.15, 0.2) is 0 Å². The summed E-state index contributed by atoms with van der Waals surface area (Å²) in [6, 6.07) is 0. The predicted octanol–water partition coefficient (Wildman–Crippen LogP) is 1.98. The van der Waals surface area contributed by atoms with E-state index in [4.69, 9.17) is 0 Å². The minimum absolute atomic E-state index is 0.301. The van der Waals surface area contributed by atoms with Crippen LogP contribution in [0.3, 0.4) is 0 Å². The normalized spacial score (nSPS) is 46.9. The summed E-state index contributed by atoms with van der Waals surface area (Å²) < 4.78 is 11.7. The molecule has 2 bridgehead atoms. The smallest absolute Gasteiger partial charge is 0.0670 e. The lowest BCUT2D eigenvalue weighted by atomic mass is 9.88. The van der Waals surface area contributed by atoms with Crippen molar-refractivity contribution < 1.29 is 9.32 Å². The highest BCUT2D eigenvalue weighted by Crippen LogP contribution is 2.42. The average Bonchev–Trinajstić information content (AvgIpc) is 2.41. The van der Waals surface area contributed by atoms with Crippen LogP contribution in [0.15, 0.2) is 0 Å². The molecule has 0 aromatic rings. The summed E-state index contributed by atoms with van der Waals surface area (Å²) in [6.45, 7) is 2.15. The molecule has 0 saturated carbocycles. The average molecular weight is 216 g/mol. The predicted molar refractivity (Wildman–Crippen MR) is 58.7 cm³/mol. The monoisotopic (exact) mass is 216 g/mol. The zero-order valence-electron chi connectivity index (χ0n) is 8.87. The molecule has 2 heterocycles. The Morgan fingerprint density at radius 1 is 1.36 bits per heavy atom. The molecule has 82 valence electrons. The Hall–Kier alpha value is 0.110. The molecule has 2 aliphatic heterocycles. The van der Waals surface area contributed by atoms with E-state index in [0.29, 0.717) is 10.5 Å². The SMILES string of the molecule is CCCCC1(O)CC2CCC(C1)S2=O. The summed E-state index contributed by atoms with van der Waals surface area (Å²) in [5, 5.41) is 11.0. The minimum atomic E-state index is -0.631. The van der Waals surface area contributed by atoms with Gasteiger partial charge in [-0.15, -0.1) is 0 Å². The number of rotatable bonds is 3. The molecule has 0 amide bonds. The second-order valence-corrected chi connectivity index (χ2v) is 6.88. The van der Waals surface area contributed by atoms with Gasteiger partial charge in [-0.3, -0.25) is 4.21 Å². The van der Waals surface area contributed by atoms with Gasteiger partial charge >= 0.3 is 0 Å². The van der Waals surface area contributed by atoms with E-state index < -0.39 is 16.4 Å². The molecule has 0 radical (unpaired) electrons. The lowest BCUT2D eigenvalue weighted by Crippen LogP contribution is -2.42. The first-order valence-corrected chi connectivity index (χ1v) is 7.04. The number of hydrogen-bond donors (Lipinski definition) is 1. The van der Waals surface area contributed by atoms with E-state index in [9.17, 15) is 9.32 Å². The van der Waals surface area contributed by atoms with Crippen molar-refractivity contribution in [2.75, 3.05) is 0 Å². The fourth-order valence-corrected chi connectivity index (χ4v) is 5.12. The molecular formula is C11H20O2S. The Morgan fingerprint density at radius 2 is 1.93 bits per heavy atom. The van der Waals surface area contributed by atoms with E-state index in [1.54, 1.807) is 0 Å². The molecule has 0 aromatic carbocycles. The first-order chi connectivity index (χ1) is 6.64. The maximum atomic E-state index is 11.7. The van der Waals surface area contributed by atoms with Gasteiger partial charge in [0.2, 0.25) is 0 Å². The summed E-state index contributed by atoms with van der Waals surface area (Å²) in [4.78, 5) is 0. The van der Waals surface area contributed by atoms with E-state index in [1.807, 2.05) is 0 Å². The van der Waals surface area contributed by atoms with E-state index in [0.717, 1.165) is 44.9 Å². The van der Waals surface area contributed by atoms with Crippen LogP contribution >= 0.6 is 0 Å². The Labute approximate surface area is 88.5 Å². The van der Waals surface area contributed by atoms with E-state index in [1.165, 1.54) is 0 Å². The first kappa shape index (κ1) is 10.6.